The average molecular weight is 338 g/mol. The molecule has 4 heteroatoms. The van der Waals surface area contributed by atoms with Gasteiger partial charge in [-0.25, -0.2) is 0 Å². The van der Waals surface area contributed by atoms with Crippen LogP contribution in [0.5, 0.6) is 23.0 Å². The van der Waals surface area contributed by atoms with E-state index in [9.17, 15) is 10.2 Å². The number of phenolic OH excluding ortho intramolecular Hbond substituents is 2. The summed E-state index contributed by atoms with van der Waals surface area (Å²) in [5.74, 6) is 2.67. The van der Waals surface area contributed by atoms with E-state index in [1.165, 1.54) is 0 Å². The van der Waals surface area contributed by atoms with Gasteiger partial charge in [-0.1, -0.05) is 6.08 Å². The summed E-state index contributed by atoms with van der Waals surface area (Å²) in [7, 11) is 0. The van der Waals surface area contributed by atoms with Crippen LogP contribution in [0.1, 0.15) is 24.5 Å². The van der Waals surface area contributed by atoms with Gasteiger partial charge >= 0.3 is 0 Å². The molecule has 1 aliphatic carbocycles. The minimum absolute atomic E-state index is 0.251. The second kappa shape index (κ2) is 6.55. The molecule has 0 radical (unpaired) electrons. The van der Waals surface area contributed by atoms with Crippen LogP contribution in [-0.2, 0) is 0 Å². The Morgan fingerprint density at radius 3 is 2.16 bits per heavy atom. The molecule has 1 atom stereocenters. The highest BCUT2D eigenvalue weighted by Crippen LogP contribution is 2.32. The Morgan fingerprint density at radius 2 is 1.52 bits per heavy atom. The molecule has 0 aromatic heterocycles. The van der Waals surface area contributed by atoms with E-state index in [-0.39, 0.29) is 11.5 Å². The molecule has 2 aromatic carbocycles. The van der Waals surface area contributed by atoms with Crippen LogP contribution in [0, 0.1) is 13.8 Å². The molecule has 4 nitrogen and oxygen atoms in total. The van der Waals surface area contributed by atoms with E-state index < -0.39 is 5.60 Å². The smallest absolute Gasteiger partial charge is 0.132 e. The third-order valence-corrected chi connectivity index (χ3v) is 4.19. The van der Waals surface area contributed by atoms with E-state index >= 15 is 0 Å². The highest BCUT2D eigenvalue weighted by atomic mass is 16.5. The Labute approximate surface area is 147 Å². The zero-order valence-electron chi connectivity index (χ0n) is 14.6. The third-order valence-electron chi connectivity index (χ3n) is 4.19. The van der Waals surface area contributed by atoms with Gasteiger partial charge in [0.1, 0.15) is 34.4 Å². The lowest BCUT2D eigenvalue weighted by atomic mass is 9.96. The van der Waals surface area contributed by atoms with E-state index in [0.717, 1.165) is 16.9 Å². The first-order chi connectivity index (χ1) is 11.8. The monoisotopic (exact) mass is 338 g/mol. The molecule has 0 saturated carbocycles. The maximum atomic E-state index is 9.65. The quantitative estimate of drug-likeness (QED) is 0.843. The summed E-state index contributed by atoms with van der Waals surface area (Å²) in [6.07, 6.45) is 6.39. The van der Waals surface area contributed by atoms with Crippen molar-refractivity contribution >= 4 is 0 Å². The van der Waals surface area contributed by atoms with E-state index in [1.807, 2.05) is 45.1 Å². The van der Waals surface area contributed by atoms with Crippen LogP contribution in [-0.4, -0.2) is 15.8 Å². The topological polar surface area (TPSA) is 58.9 Å². The Kier molecular flexibility index (Phi) is 4.45. The van der Waals surface area contributed by atoms with E-state index in [1.54, 1.807) is 30.3 Å². The molecule has 0 bridgehead atoms. The van der Waals surface area contributed by atoms with E-state index in [4.69, 9.17) is 9.47 Å². The molecule has 2 N–H and O–H groups in total. The molecule has 130 valence electrons. The van der Waals surface area contributed by atoms with Crippen LogP contribution in [0.2, 0.25) is 0 Å². The SMILES string of the molecule is Cc1cc(OC2=CC=CC(C)(Oc3ccc(O)c(C)c3)C2)ccc1O. The Bertz CT molecular complexity index is 851. The van der Waals surface area contributed by atoms with Crippen molar-refractivity contribution in [2.75, 3.05) is 0 Å². The molecule has 2 aromatic rings. The molecular formula is C21H22O4. The fourth-order valence-electron chi connectivity index (χ4n) is 2.77. The molecule has 0 saturated heterocycles. The number of aromatic hydroxyl groups is 2. The fraction of sp³-hybridized carbons (Fsp3) is 0.238. The lowest BCUT2D eigenvalue weighted by molar-refractivity contribution is 0.126. The number of phenols is 2. The number of benzene rings is 2. The van der Waals surface area contributed by atoms with Crippen LogP contribution >= 0.6 is 0 Å². The first-order valence-electron chi connectivity index (χ1n) is 8.19. The largest absolute Gasteiger partial charge is 0.508 e. The summed E-state index contributed by atoms with van der Waals surface area (Å²) >= 11 is 0. The highest BCUT2D eigenvalue weighted by Gasteiger charge is 2.28. The van der Waals surface area contributed by atoms with Crippen molar-refractivity contribution < 1.29 is 19.7 Å². The zero-order chi connectivity index (χ0) is 18.0. The summed E-state index contributed by atoms with van der Waals surface area (Å²) in [6.45, 7) is 5.66. The van der Waals surface area contributed by atoms with Crippen molar-refractivity contribution in [2.45, 2.75) is 32.8 Å². The minimum atomic E-state index is -0.542. The van der Waals surface area contributed by atoms with Crippen molar-refractivity contribution in [3.8, 4) is 23.0 Å². The molecule has 3 rings (SSSR count). The van der Waals surface area contributed by atoms with Crippen LogP contribution in [0.3, 0.4) is 0 Å². The van der Waals surface area contributed by atoms with Gasteiger partial charge in [0.05, 0.1) is 0 Å². The molecular weight excluding hydrogens is 316 g/mol. The van der Waals surface area contributed by atoms with Crippen LogP contribution in [0.15, 0.2) is 60.4 Å². The first kappa shape index (κ1) is 17.0. The van der Waals surface area contributed by atoms with Gasteiger partial charge in [-0.2, -0.15) is 0 Å². The second-order valence-corrected chi connectivity index (χ2v) is 6.58. The predicted octanol–water partition coefficient (Wildman–Crippen LogP) is 4.77. The Hall–Kier alpha value is -2.88. The summed E-state index contributed by atoms with van der Waals surface area (Å²) in [4.78, 5) is 0. The van der Waals surface area contributed by atoms with Crippen LogP contribution in [0.25, 0.3) is 0 Å². The van der Waals surface area contributed by atoms with Crippen molar-refractivity contribution in [1.29, 1.82) is 0 Å². The summed E-state index contributed by atoms with van der Waals surface area (Å²) in [5.41, 5.74) is 0.995. The molecule has 25 heavy (non-hydrogen) atoms. The van der Waals surface area contributed by atoms with Gasteiger partial charge in [0.2, 0.25) is 0 Å². The second-order valence-electron chi connectivity index (χ2n) is 6.58. The predicted molar refractivity (Wildman–Crippen MR) is 97.2 cm³/mol. The number of hydrogen-bond acceptors (Lipinski definition) is 4. The van der Waals surface area contributed by atoms with E-state index in [0.29, 0.717) is 17.9 Å². The van der Waals surface area contributed by atoms with Crippen LogP contribution in [0.4, 0.5) is 0 Å². The summed E-state index contributed by atoms with van der Waals surface area (Å²) in [6, 6.07) is 10.4. The summed E-state index contributed by atoms with van der Waals surface area (Å²) < 4.78 is 12.1. The number of hydrogen-bond donors (Lipinski definition) is 2. The zero-order valence-corrected chi connectivity index (χ0v) is 14.6. The average Bonchev–Trinajstić information content (AvgIpc) is 2.54. The molecule has 1 unspecified atom stereocenters. The third kappa shape index (κ3) is 3.97. The van der Waals surface area contributed by atoms with Gasteiger partial charge in [-0.3, -0.25) is 0 Å². The van der Waals surface area contributed by atoms with E-state index in [2.05, 4.69) is 0 Å². The number of aryl methyl sites for hydroxylation is 2. The minimum Gasteiger partial charge on any atom is -0.508 e. The number of allylic oxidation sites excluding steroid dienone is 2. The number of rotatable bonds is 4. The molecule has 0 aliphatic heterocycles. The van der Waals surface area contributed by atoms with Gasteiger partial charge in [0.15, 0.2) is 0 Å². The molecule has 0 spiro atoms. The number of ether oxygens (including phenoxy) is 2. The lowest BCUT2D eigenvalue weighted by Crippen LogP contribution is -2.32. The van der Waals surface area contributed by atoms with Crippen molar-refractivity contribution in [3.05, 3.63) is 71.5 Å². The van der Waals surface area contributed by atoms with Gasteiger partial charge in [0, 0.05) is 6.42 Å². The summed E-state index contributed by atoms with van der Waals surface area (Å²) in [5, 5.41) is 19.3. The Balaban J connectivity index is 1.73. The highest BCUT2D eigenvalue weighted by molar-refractivity contribution is 5.41. The molecule has 0 heterocycles. The lowest BCUT2D eigenvalue weighted by Gasteiger charge is -2.30. The van der Waals surface area contributed by atoms with Gasteiger partial charge in [-0.15, -0.1) is 0 Å². The van der Waals surface area contributed by atoms with Gasteiger partial charge in [-0.05, 0) is 80.4 Å². The van der Waals surface area contributed by atoms with Crippen molar-refractivity contribution in [3.63, 3.8) is 0 Å². The fourth-order valence-corrected chi connectivity index (χ4v) is 2.77. The molecule has 0 amide bonds. The maximum Gasteiger partial charge on any atom is 0.132 e. The first-order valence-corrected chi connectivity index (χ1v) is 8.19. The standard InChI is InChI=1S/C21H22O4/c1-14-11-16(6-8-19(14)22)24-18-5-4-10-21(3,13-18)25-17-7-9-20(23)15(2)12-17/h4-12,22-23H,13H2,1-3H3. The molecule has 1 aliphatic rings. The molecule has 0 fully saturated rings. The van der Waals surface area contributed by atoms with Crippen molar-refractivity contribution in [2.24, 2.45) is 0 Å². The van der Waals surface area contributed by atoms with Gasteiger partial charge < -0.3 is 19.7 Å². The Morgan fingerprint density at radius 1 is 0.920 bits per heavy atom. The van der Waals surface area contributed by atoms with Crippen LogP contribution < -0.4 is 9.47 Å². The van der Waals surface area contributed by atoms with Crippen molar-refractivity contribution in [1.82, 2.24) is 0 Å². The maximum absolute atomic E-state index is 9.65. The van der Waals surface area contributed by atoms with Gasteiger partial charge in [0.25, 0.3) is 0 Å². The normalized spacial score (nSPS) is 19.4.